The summed E-state index contributed by atoms with van der Waals surface area (Å²) >= 11 is 0. The number of aryl methyl sites for hydroxylation is 2. The third-order valence-electron chi connectivity index (χ3n) is 3.54. The van der Waals surface area contributed by atoms with E-state index in [1.165, 1.54) is 13.2 Å². The number of carbonyl (C=O) groups excluding carboxylic acids is 1. The number of benzene rings is 1. The van der Waals surface area contributed by atoms with E-state index < -0.39 is 5.97 Å². The lowest BCUT2D eigenvalue weighted by Crippen LogP contribution is -2.11. The second-order valence-electron chi connectivity index (χ2n) is 4.94. The highest BCUT2D eigenvalue weighted by molar-refractivity contribution is 5.90. The predicted molar refractivity (Wildman–Crippen MR) is 76.9 cm³/mol. The summed E-state index contributed by atoms with van der Waals surface area (Å²) in [6, 6.07) is 8.40. The molecule has 0 spiro atoms. The second kappa shape index (κ2) is 5.44. The highest BCUT2D eigenvalue weighted by atomic mass is 16.5. The number of methoxy groups -OCH3 is 1. The van der Waals surface area contributed by atoms with Crippen LogP contribution in [0.1, 0.15) is 28.0 Å². The molecule has 3 rings (SSSR count). The average molecular weight is 285 g/mol. The van der Waals surface area contributed by atoms with Crippen molar-refractivity contribution in [2.45, 2.75) is 19.3 Å². The summed E-state index contributed by atoms with van der Waals surface area (Å²) in [6.45, 7) is 0. The number of ether oxygens (including phenoxy) is 2. The minimum Gasteiger partial charge on any atom is -0.465 e. The Balaban J connectivity index is 2.04. The summed E-state index contributed by atoms with van der Waals surface area (Å²) in [6.07, 6.45) is 2.48. The molecule has 5 nitrogen and oxygen atoms in total. The Labute approximate surface area is 121 Å². The van der Waals surface area contributed by atoms with Crippen molar-refractivity contribution in [3.05, 3.63) is 57.5 Å². The van der Waals surface area contributed by atoms with Gasteiger partial charge in [0.1, 0.15) is 11.5 Å². The molecule has 0 fully saturated rings. The number of pyridine rings is 1. The van der Waals surface area contributed by atoms with Crippen molar-refractivity contribution in [1.82, 2.24) is 4.98 Å². The maximum atomic E-state index is 11.6. The largest absolute Gasteiger partial charge is 0.465 e. The first-order chi connectivity index (χ1) is 10.2. The van der Waals surface area contributed by atoms with Crippen LogP contribution in [0.3, 0.4) is 0 Å². The van der Waals surface area contributed by atoms with E-state index in [0.717, 1.165) is 30.5 Å². The minimum atomic E-state index is -0.398. The van der Waals surface area contributed by atoms with E-state index in [-0.39, 0.29) is 5.56 Å². The summed E-state index contributed by atoms with van der Waals surface area (Å²) in [7, 11) is 1.35. The van der Waals surface area contributed by atoms with Gasteiger partial charge in [-0.05, 0) is 43.0 Å². The molecule has 21 heavy (non-hydrogen) atoms. The van der Waals surface area contributed by atoms with E-state index in [1.54, 1.807) is 18.2 Å². The molecule has 1 N–H and O–H groups in total. The quantitative estimate of drug-likeness (QED) is 0.817. The van der Waals surface area contributed by atoms with Crippen molar-refractivity contribution in [2.24, 2.45) is 0 Å². The van der Waals surface area contributed by atoms with Crippen LogP contribution in [0.4, 0.5) is 0 Å². The summed E-state index contributed by atoms with van der Waals surface area (Å²) in [5, 5.41) is 0. The molecule has 0 amide bonds. The fourth-order valence-electron chi connectivity index (χ4n) is 2.46. The lowest BCUT2D eigenvalue weighted by atomic mass is 10.0. The molecule has 0 bridgehead atoms. The monoisotopic (exact) mass is 285 g/mol. The lowest BCUT2D eigenvalue weighted by molar-refractivity contribution is 0.0600. The number of hydrogen-bond acceptors (Lipinski definition) is 4. The van der Waals surface area contributed by atoms with Crippen molar-refractivity contribution in [1.29, 1.82) is 0 Å². The predicted octanol–water partition coefficient (Wildman–Crippen LogP) is 2.44. The standard InChI is InChI=1S/C16H15NO4/c1-20-16(19)11-6-5-10-3-2-4-12-13(21-14(10)9-11)7-8-15(18)17-12/h5-9H,2-4H2,1H3,(H,17,18). The smallest absolute Gasteiger partial charge is 0.337 e. The number of aromatic amines is 1. The van der Waals surface area contributed by atoms with Gasteiger partial charge < -0.3 is 14.5 Å². The second-order valence-corrected chi connectivity index (χ2v) is 4.94. The molecule has 2 aromatic rings. The van der Waals surface area contributed by atoms with E-state index in [9.17, 15) is 9.59 Å². The lowest BCUT2D eigenvalue weighted by Gasteiger charge is -2.18. The van der Waals surface area contributed by atoms with E-state index in [0.29, 0.717) is 17.1 Å². The molecule has 0 aliphatic carbocycles. The van der Waals surface area contributed by atoms with Crippen molar-refractivity contribution >= 4 is 5.97 Å². The first-order valence-electron chi connectivity index (χ1n) is 6.78. The number of nitrogens with one attached hydrogen (secondary N) is 1. The number of rotatable bonds is 1. The van der Waals surface area contributed by atoms with Crippen LogP contribution in [0, 0.1) is 0 Å². The number of fused-ring (bicyclic) bond motifs is 2. The van der Waals surface area contributed by atoms with Gasteiger partial charge in [-0.1, -0.05) is 6.07 Å². The molecule has 1 aliphatic heterocycles. The molecule has 0 saturated heterocycles. The number of esters is 1. The van der Waals surface area contributed by atoms with Gasteiger partial charge in [-0.25, -0.2) is 4.79 Å². The van der Waals surface area contributed by atoms with Crippen LogP contribution in [-0.4, -0.2) is 18.1 Å². The Morgan fingerprint density at radius 3 is 2.86 bits per heavy atom. The minimum absolute atomic E-state index is 0.138. The Morgan fingerprint density at radius 2 is 2.05 bits per heavy atom. The molecule has 0 unspecified atom stereocenters. The number of carbonyl (C=O) groups is 1. The fraction of sp³-hybridized carbons (Fsp3) is 0.250. The van der Waals surface area contributed by atoms with Crippen LogP contribution in [0.5, 0.6) is 11.5 Å². The molecular formula is C16H15NO4. The zero-order valence-electron chi connectivity index (χ0n) is 11.6. The van der Waals surface area contributed by atoms with Gasteiger partial charge in [0.05, 0.1) is 18.4 Å². The Kier molecular flexibility index (Phi) is 3.48. The van der Waals surface area contributed by atoms with Gasteiger partial charge >= 0.3 is 5.97 Å². The van der Waals surface area contributed by atoms with Crippen LogP contribution in [0.2, 0.25) is 0 Å². The SMILES string of the molecule is COC(=O)c1ccc2c(c1)Oc1ccc(=O)[nH]c1CCC2. The Bertz CT molecular complexity index is 748. The summed E-state index contributed by atoms with van der Waals surface area (Å²) in [4.78, 5) is 25.8. The van der Waals surface area contributed by atoms with E-state index in [4.69, 9.17) is 9.47 Å². The molecule has 0 saturated carbocycles. The van der Waals surface area contributed by atoms with Crippen molar-refractivity contribution in [3.63, 3.8) is 0 Å². The molecule has 108 valence electrons. The molecule has 1 aliphatic rings. The third-order valence-corrected chi connectivity index (χ3v) is 3.54. The maximum absolute atomic E-state index is 11.6. The van der Waals surface area contributed by atoms with E-state index in [1.807, 2.05) is 6.07 Å². The van der Waals surface area contributed by atoms with Gasteiger partial charge in [-0.15, -0.1) is 0 Å². The normalized spacial score (nSPS) is 13.2. The van der Waals surface area contributed by atoms with Crippen molar-refractivity contribution in [2.75, 3.05) is 7.11 Å². The highest BCUT2D eigenvalue weighted by Crippen LogP contribution is 2.32. The van der Waals surface area contributed by atoms with Crippen LogP contribution in [0.15, 0.2) is 35.1 Å². The first kappa shape index (κ1) is 13.4. The summed E-state index contributed by atoms with van der Waals surface area (Å²) in [5.41, 5.74) is 2.14. The topological polar surface area (TPSA) is 68.4 Å². The zero-order chi connectivity index (χ0) is 14.8. The van der Waals surface area contributed by atoms with E-state index in [2.05, 4.69) is 4.98 Å². The van der Waals surface area contributed by atoms with Crippen LogP contribution < -0.4 is 10.3 Å². The number of H-pyrrole nitrogens is 1. The molecular weight excluding hydrogens is 270 g/mol. The fourth-order valence-corrected chi connectivity index (χ4v) is 2.46. The summed E-state index contributed by atoms with van der Waals surface area (Å²) < 4.78 is 10.6. The zero-order valence-corrected chi connectivity index (χ0v) is 11.6. The molecule has 5 heteroatoms. The number of hydrogen-bond donors (Lipinski definition) is 1. The van der Waals surface area contributed by atoms with Gasteiger partial charge in [0.2, 0.25) is 5.56 Å². The van der Waals surface area contributed by atoms with Gasteiger partial charge in [-0.2, -0.15) is 0 Å². The maximum Gasteiger partial charge on any atom is 0.337 e. The summed E-state index contributed by atoms with van der Waals surface area (Å²) in [5.74, 6) is 0.855. The molecule has 1 aromatic carbocycles. The Morgan fingerprint density at radius 1 is 1.19 bits per heavy atom. The molecule has 0 atom stereocenters. The molecule has 2 heterocycles. The third kappa shape index (κ3) is 2.67. The first-order valence-corrected chi connectivity index (χ1v) is 6.78. The molecule has 0 radical (unpaired) electrons. The highest BCUT2D eigenvalue weighted by Gasteiger charge is 2.16. The van der Waals surface area contributed by atoms with E-state index >= 15 is 0 Å². The van der Waals surface area contributed by atoms with Crippen molar-refractivity contribution < 1.29 is 14.3 Å². The van der Waals surface area contributed by atoms with Crippen LogP contribution >= 0.6 is 0 Å². The van der Waals surface area contributed by atoms with Crippen LogP contribution in [0.25, 0.3) is 0 Å². The van der Waals surface area contributed by atoms with Gasteiger partial charge in [0.25, 0.3) is 0 Å². The molecule has 1 aromatic heterocycles. The Hall–Kier alpha value is -2.56. The van der Waals surface area contributed by atoms with Gasteiger partial charge in [0, 0.05) is 6.07 Å². The van der Waals surface area contributed by atoms with Gasteiger partial charge in [0.15, 0.2) is 0 Å². The number of aromatic nitrogens is 1. The average Bonchev–Trinajstić information content (AvgIpc) is 2.48. The van der Waals surface area contributed by atoms with Crippen LogP contribution in [-0.2, 0) is 17.6 Å². The van der Waals surface area contributed by atoms with Crippen molar-refractivity contribution in [3.8, 4) is 11.5 Å². The van der Waals surface area contributed by atoms with Gasteiger partial charge in [-0.3, -0.25) is 4.79 Å².